The van der Waals surface area contributed by atoms with Gasteiger partial charge in [0.25, 0.3) is 0 Å². The summed E-state index contributed by atoms with van der Waals surface area (Å²) < 4.78 is 0. The van der Waals surface area contributed by atoms with E-state index in [-0.39, 0.29) is 0 Å². The molecule has 1 saturated carbocycles. The Balaban J connectivity index is 0.00000155. The van der Waals surface area contributed by atoms with Gasteiger partial charge < -0.3 is 0 Å². The summed E-state index contributed by atoms with van der Waals surface area (Å²) in [6, 6.07) is 14.8. The van der Waals surface area contributed by atoms with E-state index in [9.17, 15) is 0 Å². The van der Waals surface area contributed by atoms with E-state index in [0.29, 0.717) is 5.92 Å². The van der Waals surface area contributed by atoms with E-state index in [1.165, 1.54) is 24.0 Å². The van der Waals surface area contributed by atoms with Crippen molar-refractivity contribution in [3.05, 3.63) is 106 Å². The summed E-state index contributed by atoms with van der Waals surface area (Å²) in [7, 11) is 0. The van der Waals surface area contributed by atoms with Crippen molar-refractivity contribution >= 4 is 0 Å². The number of benzene rings is 2. The topological polar surface area (TPSA) is 0 Å². The highest BCUT2D eigenvalue weighted by Crippen LogP contribution is 2.41. The highest BCUT2D eigenvalue weighted by Gasteiger charge is 2.25. The molecule has 0 radical (unpaired) electrons. The fourth-order valence-corrected chi connectivity index (χ4v) is 2.80. The van der Waals surface area contributed by atoms with Gasteiger partial charge in [0.1, 0.15) is 0 Å². The van der Waals surface area contributed by atoms with Crippen LogP contribution in [0.4, 0.5) is 0 Å². The van der Waals surface area contributed by atoms with E-state index >= 15 is 0 Å². The highest BCUT2D eigenvalue weighted by atomic mass is 14.3. The van der Waals surface area contributed by atoms with E-state index in [1.807, 2.05) is 45.9 Å². The largest absolute Gasteiger partial charge is 0.0988 e. The second kappa shape index (κ2) is 11.7. The van der Waals surface area contributed by atoms with Gasteiger partial charge in [0.2, 0.25) is 0 Å². The van der Waals surface area contributed by atoms with Crippen molar-refractivity contribution in [1.82, 2.24) is 0 Å². The molecule has 152 valence electrons. The molecule has 0 spiro atoms. The fraction of sp³-hybridized carbons (Fsp3) is 0.267. The van der Waals surface area contributed by atoms with E-state index in [1.54, 1.807) is 0 Å². The first kappa shape index (κ1) is 23.1. The normalized spacial score (nSPS) is 13.1. The van der Waals surface area contributed by atoms with Gasteiger partial charge in [-0.25, -0.2) is 0 Å². The Bertz CT molecular complexity index is 1050. The van der Waals surface area contributed by atoms with E-state index < -0.39 is 0 Å². The minimum Gasteiger partial charge on any atom is -0.0988 e. The molecule has 0 saturated heterocycles. The first-order valence-corrected chi connectivity index (χ1v) is 10.8. The lowest BCUT2D eigenvalue weighted by molar-refractivity contribution is 1.12. The molecule has 2 aromatic carbocycles. The molecule has 1 aliphatic carbocycles. The smallest absolute Gasteiger partial charge is 0.0284 e. The molecule has 0 bridgehead atoms. The Morgan fingerprint density at radius 2 is 1.53 bits per heavy atom. The van der Waals surface area contributed by atoms with E-state index in [0.717, 1.165) is 27.8 Å². The number of hydrogen-bond donors (Lipinski definition) is 0. The maximum atomic E-state index is 3.77. The van der Waals surface area contributed by atoms with Crippen LogP contribution < -0.4 is 0 Å². The van der Waals surface area contributed by atoms with Crippen molar-refractivity contribution in [2.75, 3.05) is 0 Å². The van der Waals surface area contributed by atoms with Gasteiger partial charge in [0.05, 0.1) is 0 Å². The summed E-state index contributed by atoms with van der Waals surface area (Å²) >= 11 is 0. The summed E-state index contributed by atoms with van der Waals surface area (Å²) in [4.78, 5) is 0. The minimum absolute atomic E-state index is 0.637. The van der Waals surface area contributed by atoms with Gasteiger partial charge in [-0.05, 0) is 81.0 Å². The second-order valence-electron chi connectivity index (χ2n) is 7.41. The Kier molecular flexibility index (Phi) is 9.00. The first-order valence-electron chi connectivity index (χ1n) is 10.8. The molecule has 0 unspecified atom stereocenters. The molecule has 0 aliphatic heterocycles. The second-order valence-corrected chi connectivity index (χ2v) is 7.41. The monoisotopic (exact) mass is 392 g/mol. The molecular weight excluding hydrogens is 360 g/mol. The third kappa shape index (κ3) is 7.31. The van der Waals surface area contributed by atoms with Crippen LogP contribution >= 0.6 is 0 Å². The summed E-state index contributed by atoms with van der Waals surface area (Å²) in [6.45, 7) is 13.9. The summed E-state index contributed by atoms with van der Waals surface area (Å²) in [6.07, 6.45) is 8.43. The summed E-state index contributed by atoms with van der Waals surface area (Å²) in [5.74, 6) is 13.9. The molecular formula is C30H32. The third-order valence-electron chi connectivity index (χ3n) is 4.78. The zero-order valence-corrected chi connectivity index (χ0v) is 19.0. The predicted molar refractivity (Wildman–Crippen MR) is 132 cm³/mol. The maximum absolute atomic E-state index is 3.77. The number of aryl methyl sites for hydroxylation is 1. The molecule has 2 aromatic rings. The number of rotatable bonds is 3. The number of allylic oxidation sites excluding steroid dienone is 5. The molecule has 30 heavy (non-hydrogen) atoms. The van der Waals surface area contributed by atoms with Crippen molar-refractivity contribution in [3.63, 3.8) is 0 Å². The molecule has 0 atom stereocenters. The van der Waals surface area contributed by atoms with Crippen LogP contribution in [-0.2, 0) is 0 Å². The Hall–Kier alpha value is -3.22. The lowest BCUT2D eigenvalue weighted by Gasteiger charge is -2.03. The Labute approximate surface area is 183 Å². The average molecular weight is 393 g/mol. The van der Waals surface area contributed by atoms with Gasteiger partial charge in [0, 0.05) is 16.7 Å². The lowest BCUT2D eigenvalue weighted by atomic mass is 10.00. The Morgan fingerprint density at radius 1 is 0.900 bits per heavy atom. The van der Waals surface area contributed by atoms with Crippen LogP contribution in [0.3, 0.4) is 0 Å². The average Bonchev–Trinajstić information content (AvgIpc) is 3.62. The zero-order chi connectivity index (χ0) is 21.9. The number of hydrogen-bond acceptors (Lipinski definition) is 0. The predicted octanol–water partition coefficient (Wildman–Crippen LogP) is 7.73. The zero-order valence-electron chi connectivity index (χ0n) is 19.0. The van der Waals surface area contributed by atoms with Crippen LogP contribution in [0.1, 0.15) is 74.3 Å². The minimum atomic E-state index is 0.637. The van der Waals surface area contributed by atoms with Gasteiger partial charge in [0.15, 0.2) is 0 Å². The standard InChI is InChI=1S/C28H26.C2H6/c1-5-21(2)6-7-22(3)10-16-26-17-15-25(20-28(26)27-18-19-27)14-13-24-11-8-23(4)9-12-24;1-2/h5-9,11-12,15,17,20,27H,1,18-19H2,2-4H3;1-2H3/b21-6-,22-7+;. The van der Waals surface area contributed by atoms with Gasteiger partial charge in [-0.1, -0.05) is 85.6 Å². The quantitative estimate of drug-likeness (QED) is 0.370. The van der Waals surface area contributed by atoms with Crippen LogP contribution in [0, 0.1) is 30.6 Å². The van der Waals surface area contributed by atoms with Crippen molar-refractivity contribution in [1.29, 1.82) is 0 Å². The molecule has 3 rings (SSSR count). The van der Waals surface area contributed by atoms with Crippen LogP contribution in [0.5, 0.6) is 0 Å². The van der Waals surface area contributed by atoms with Crippen molar-refractivity contribution < 1.29 is 0 Å². The van der Waals surface area contributed by atoms with Gasteiger partial charge in [-0.15, -0.1) is 0 Å². The third-order valence-corrected chi connectivity index (χ3v) is 4.78. The Morgan fingerprint density at radius 3 is 2.17 bits per heavy atom. The van der Waals surface area contributed by atoms with Crippen LogP contribution in [0.2, 0.25) is 0 Å². The molecule has 0 amide bonds. The molecule has 0 heterocycles. The molecule has 0 heteroatoms. The van der Waals surface area contributed by atoms with Crippen LogP contribution in [-0.4, -0.2) is 0 Å². The van der Waals surface area contributed by atoms with E-state index in [4.69, 9.17) is 0 Å². The maximum Gasteiger partial charge on any atom is 0.0284 e. The van der Waals surface area contributed by atoms with Crippen molar-refractivity contribution in [3.8, 4) is 23.7 Å². The molecule has 1 fully saturated rings. The molecule has 1 aliphatic rings. The van der Waals surface area contributed by atoms with Gasteiger partial charge in [-0.2, -0.15) is 0 Å². The van der Waals surface area contributed by atoms with E-state index in [2.05, 4.69) is 79.6 Å². The van der Waals surface area contributed by atoms with Crippen molar-refractivity contribution in [2.45, 2.75) is 53.4 Å². The lowest BCUT2D eigenvalue weighted by Crippen LogP contribution is -1.89. The first-order chi connectivity index (χ1) is 14.5. The molecule has 0 N–H and O–H groups in total. The van der Waals surface area contributed by atoms with Gasteiger partial charge in [-0.3, -0.25) is 0 Å². The summed E-state index contributed by atoms with van der Waals surface area (Å²) in [5, 5.41) is 0. The molecule has 0 nitrogen and oxygen atoms in total. The molecule has 0 aromatic heterocycles. The SMILES string of the molecule is C=C/C(C)=C\C=C(/C)C#Cc1ccc(C#Cc2ccc(C)cc2)cc1C1CC1.CC. The van der Waals surface area contributed by atoms with Crippen LogP contribution in [0.15, 0.2) is 78.4 Å². The fourth-order valence-electron chi connectivity index (χ4n) is 2.80. The van der Waals surface area contributed by atoms with Gasteiger partial charge >= 0.3 is 0 Å². The van der Waals surface area contributed by atoms with Crippen molar-refractivity contribution in [2.24, 2.45) is 0 Å². The van der Waals surface area contributed by atoms with Crippen LogP contribution in [0.25, 0.3) is 0 Å². The summed E-state index contributed by atoms with van der Waals surface area (Å²) in [5.41, 5.74) is 8.01. The highest BCUT2D eigenvalue weighted by molar-refractivity contribution is 5.53.